The normalized spacial score (nSPS) is 9.74. The predicted octanol–water partition coefficient (Wildman–Crippen LogP) is 0.290. The first-order chi connectivity index (χ1) is 9.11. The van der Waals surface area contributed by atoms with Crippen LogP contribution in [0.15, 0.2) is 24.3 Å². The van der Waals surface area contributed by atoms with Crippen LogP contribution in [0.2, 0.25) is 0 Å². The van der Waals surface area contributed by atoms with Gasteiger partial charge in [-0.3, -0.25) is 9.59 Å². The number of benzene rings is 1. The van der Waals surface area contributed by atoms with E-state index in [2.05, 4.69) is 10.6 Å². The second-order valence-corrected chi connectivity index (χ2v) is 3.98. The molecule has 0 saturated heterocycles. The number of nitrogen functional groups attached to an aromatic ring is 1. The maximum Gasteiger partial charge on any atom is 0.258 e. The van der Waals surface area contributed by atoms with Gasteiger partial charge in [-0.25, -0.2) is 0 Å². The second-order valence-electron chi connectivity index (χ2n) is 3.98. The molecule has 4 N–H and O–H groups in total. The Labute approximate surface area is 112 Å². The molecule has 1 aromatic rings. The van der Waals surface area contributed by atoms with Gasteiger partial charge in [-0.15, -0.1) is 0 Å². The van der Waals surface area contributed by atoms with Crippen molar-refractivity contribution in [3.8, 4) is 5.75 Å². The van der Waals surface area contributed by atoms with Crippen molar-refractivity contribution in [1.29, 1.82) is 0 Å². The molecule has 6 nitrogen and oxygen atoms in total. The number of rotatable bonds is 7. The predicted molar refractivity (Wildman–Crippen MR) is 72.7 cm³/mol. The Balaban J connectivity index is 2.21. The Morgan fingerprint density at radius 1 is 1.16 bits per heavy atom. The number of carbonyl (C=O) groups is 2. The van der Waals surface area contributed by atoms with Crippen LogP contribution in [0.4, 0.5) is 5.69 Å². The van der Waals surface area contributed by atoms with E-state index >= 15 is 0 Å². The van der Waals surface area contributed by atoms with Gasteiger partial charge in [0.2, 0.25) is 5.91 Å². The van der Waals surface area contributed by atoms with Crippen LogP contribution in [-0.2, 0) is 9.59 Å². The minimum absolute atomic E-state index is 0.0378. The van der Waals surface area contributed by atoms with E-state index in [0.717, 1.165) is 6.42 Å². The summed E-state index contributed by atoms with van der Waals surface area (Å²) in [6.45, 7) is 2.39. The van der Waals surface area contributed by atoms with E-state index in [1.54, 1.807) is 24.3 Å². The summed E-state index contributed by atoms with van der Waals surface area (Å²) in [5.74, 6) is 0.00550. The summed E-state index contributed by atoms with van der Waals surface area (Å²) in [6, 6.07) is 6.73. The van der Waals surface area contributed by atoms with Crippen molar-refractivity contribution >= 4 is 17.5 Å². The highest BCUT2D eigenvalue weighted by atomic mass is 16.5. The standard InChI is InChI=1S/C13H19N3O3/c1-2-7-15-12(17)8-16-13(18)9-19-11-5-3-10(14)4-6-11/h3-6H,2,7-9,14H2,1H3,(H,15,17)(H,16,18). The van der Waals surface area contributed by atoms with Crippen molar-refractivity contribution in [1.82, 2.24) is 10.6 Å². The lowest BCUT2D eigenvalue weighted by molar-refractivity contribution is -0.127. The van der Waals surface area contributed by atoms with Gasteiger partial charge >= 0.3 is 0 Å². The number of nitrogens with two attached hydrogens (primary N) is 1. The minimum atomic E-state index is -0.344. The Morgan fingerprint density at radius 2 is 1.84 bits per heavy atom. The van der Waals surface area contributed by atoms with Crippen LogP contribution in [-0.4, -0.2) is 31.5 Å². The summed E-state index contributed by atoms with van der Waals surface area (Å²) in [7, 11) is 0. The van der Waals surface area contributed by atoms with Gasteiger partial charge in [0.05, 0.1) is 6.54 Å². The zero-order valence-electron chi connectivity index (χ0n) is 10.9. The Hall–Kier alpha value is -2.24. The molecule has 2 amide bonds. The zero-order chi connectivity index (χ0) is 14.1. The number of nitrogens with one attached hydrogen (secondary N) is 2. The maximum absolute atomic E-state index is 11.4. The van der Waals surface area contributed by atoms with E-state index in [1.165, 1.54) is 0 Å². The molecule has 0 aliphatic rings. The fraction of sp³-hybridized carbons (Fsp3) is 0.385. The number of hydrogen-bond acceptors (Lipinski definition) is 4. The molecule has 1 aromatic carbocycles. The van der Waals surface area contributed by atoms with Crippen LogP contribution in [0.25, 0.3) is 0 Å². The number of carbonyl (C=O) groups excluding carboxylic acids is 2. The molecule has 19 heavy (non-hydrogen) atoms. The third-order valence-corrected chi connectivity index (χ3v) is 2.27. The largest absolute Gasteiger partial charge is 0.484 e. The average Bonchev–Trinajstić information content (AvgIpc) is 2.42. The molecule has 0 radical (unpaired) electrons. The molecule has 0 unspecified atom stereocenters. The fourth-order valence-electron chi connectivity index (χ4n) is 1.27. The van der Waals surface area contributed by atoms with Crippen LogP contribution in [0.3, 0.4) is 0 Å². The quantitative estimate of drug-likeness (QED) is 0.618. The molecule has 0 saturated carbocycles. The summed E-state index contributed by atoms with van der Waals surface area (Å²) in [5.41, 5.74) is 6.15. The average molecular weight is 265 g/mol. The lowest BCUT2D eigenvalue weighted by Gasteiger charge is -2.08. The monoisotopic (exact) mass is 265 g/mol. The highest BCUT2D eigenvalue weighted by Crippen LogP contribution is 2.12. The molecule has 6 heteroatoms. The van der Waals surface area contributed by atoms with Gasteiger partial charge in [0, 0.05) is 12.2 Å². The van der Waals surface area contributed by atoms with E-state index < -0.39 is 0 Å². The van der Waals surface area contributed by atoms with E-state index in [9.17, 15) is 9.59 Å². The topological polar surface area (TPSA) is 93.5 Å². The number of hydrogen-bond donors (Lipinski definition) is 3. The number of ether oxygens (including phenoxy) is 1. The van der Waals surface area contributed by atoms with Gasteiger partial charge in [-0.05, 0) is 30.7 Å². The van der Waals surface area contributed by atoms with Gasteiger partial charge in [-0.2, -0.15) is 0 Å². The van der Waals surface area contributed by atoms with Crippen molar-refractivity contribution in [3.63, 3.8) is 0 Å². The van der Waals surface area contributed by atoms with Crippen LogP contribution in [0.1, 0.15) is 13.3 Å². The minimum Gasteiger partial charge on any atom is -0.484 e. The van der Waals surface area contributed by atoms with Gasteiger partial charge in [0.1, 0.15) is 5.75 Å². The third kappa shape index (κ3) is 6.30. The summed E-state index contributed by atoms with van der Waals surface area (Å²) < 4.78 is 5.24. The molecular formula is C13H19N3O3. The highest BCUT2D eigenvalue weighted by molar-refractivity contribution is 5.85. The van der Waals surface area contributed by atoms with Gasteiger partial charge in [-0.1, -0.05) is 6.92 Å². The fourth-order valence-corrected chi connectivity index (χ4v) is 1.27. The molecule has 0 bridgehead atoms. The van der Waals surface area contributed by atoms with Crippen molar-refractivity contribution < 1.29 is 14.3 Å². The second kappa shape index (κ2) is 7.97. The maximum atomic E-state index is 11.4. The molecule has 0 aromatic heterocycles. The van der Waals surface area contributed by atoms with Crippen LogP contribution in [0, 0.1) is 0 Å². The molecular weight excluding hydrogens is 246 g/mol. The van der Waals surface area contributed by atoms with Crippen LogP contribution < -0.4 is 21.1 Å². The molecule has 0 atom stereocenters. The Morgan fingerprint density at radius 3 is 2.47 bits per heavy atom. The van der Waals surface area contributed by atoms with E-state index in [-0.39, 0.29) is 25.0 Å². The molecule has 0 aliphatic heterocycles. The van der Waals surface area contributed by atoms with Crippen molar-refractivity contribution in [2.45, 2.75) is 13.3 Å². The van der Waals surface area contributed by atoms with Gasteiger partial charge < -0.3 is 21.1 Å². The van der Waals surface area contributed by atoms with E-state index in [1.807, 2.05) is 6.92 Å². The molecule has 0 heterocycles. The van der Waals surface area contributed by atoms with Crippen LogP contribution >= 0.6 is 0 Å². The van der Waals surface area contributed by atoms with E-state index in [0.29, 0.717) is 18.0 Å². The summed E-state index contributed by atoms with van der Waals surface area (Å²) >= 11 is 0. The lowest BCUT2D eigenvalue weighted by Crippen LogP contribution is -2.39. The lowest BCUT2D eigenvalue weighted by atomic mass is 10.3. The van der Waals surface area contributed by atoms with Gasteiger partial charge in [0.25, 0.3) is 5.91 Å². The third-order valence-electron chi connectivity index (χ3n) is 2.27. The van der Waals surface area contributed by atoms with Crippen molar-refractivity contribution in [3.05, 3.63) is 24.3 Å². The molecule has 1 rings (SSSR count). The molecule has 0 spiro atoms. The van der Waals surface area contributed by atoms with Crippen molar-refractivity contribution in [2.24, 2.45) is 0 Å². The number of amides is 2. The van der Waals surface area contributed by atoms with Gasteiger partial charge in [0.15, 0.2) is 6.61 Å². The first kappa shape index (κ1) is 14.8. The highest BCUT2D eigenvalue weighted by Gasteiger charge is 2.05. The summed E-state index contributed by atoms with van der Waals surface area (Å²) in [5, 5.41) is 5.13. The SMILES string of the molecule is CCCNC(=O)CNC(=O)COc1ccc(N)cc1. The van der Waals surface area contributed by atoms with Crippen LogP contribution in [0.5, 0.6) is 5.75 Å². The zero-order valence-corrected chi connectivity index (χ0v) is 10.9. The number of anilines is 1. The Kier molecular flexibility index (Phi) is 6.21. The first-order valence-electron chi connectivity index (χ1n) is 6.13. The van der Waals surface area contributed by atoms with Crippen molar-refractivity contribution in [2.75, 3.05) is 25.4 Å². The smallest absolute Gasteiger partial charge is 0.258 e. The summed E-state index contributed by atoms with van der Waals surface area (Å²) in [6.07, 6.45) is 0.861. The molecule has 0 aliphatic carbocycles. The Bertz CT molecular complexity index is 418. The molecule has 104 valence electrons. The van der Waals surface area contributed by atoms with E-state index in [4.69, 9.17) is 10.5 Å². The molecule has 0 fully saturated rings. The first-order valence-corrected chi connectivity index (χ1v) is 6.13. The summed E-state index contributed by atoms with van der Waals surface area (Å²) in [4.78, 5) is 22.7.